The summed E-state index contributed by atoms with van der Waals surface area (Å²) in [4.78, 5) is 10.9. The van der Waals surface area contributed by atoms with Crippen molar-refractivity contribution in [3.63, 3.8) is 0 Å². The fraction of sp³-hybridized carbons (Fsp3) is 0. The highest BCUT2D eigenvalue weighted by molar-refractivity contribution is 5.95. The molecule has 0 saturated heterocycles. The Labute approximate surface area is 98.7 Å². The molecule has 2 aromatic rings. The molecule has 0 unspecified atom stereocenters. The highest BCUT2D eigenvalue weighted by Crippen LogP contribution is 2.21. The topological polar surface area (TPSA) is 75.3 Å². The van der Waals surface area contributed by atoms with Crippen molar-refractivity contribution in [2.24, 2.45) is 0 Å². The van der Waals surface area contributed by atoms with Crippen LogP contribution in [0.5, 0.6) is 0 Å². The van der Waals surface area contributed by atoms with Crippen LogP contribution in [0.4, 0.5) is 17.1 Å². The van der Waals surface area contributed by atoms with Gasteiger partial charge in [0, 0.05) is 17.1 Å². The van der Waals surface area contributed by atoms with Crippen molar-refractivity contribution in [2.45, 2.75) is 0 Å². The minimum absolute atomic E-state index is 0.103. The number of nitrogens with two attached hydrogens (primary N) is 1. The number of anilines is 3. The fourth-order valence-corrected chi connectivity index (χ4v) is 1.51. The van der Waals surface area contributed by atoms with Gasteiger partial charge in [0.2, 0.25) is 0 Å². The van der Waals surface area contributed by atoms with E-state index in [9.17, 15) is 4.79 Å². The third-order valence-corrected chi connectivity index (χ3v) is 2.35. The van der Waals surface area contributed by atoms with E-state index in [0.29, 0.717) is 5.69 Å². The number of hydrogen-bond donors (Lipinski definition) is 3. The molecule has 0 fully saturated rings. The van der Waals surface area contributed by atoms with Crippen LogP contribution in [0, 0.1) is 0 Å². The second-order valence-corrected chi connectivity index (χ2v) is 3.60. The quantitative estimate of drug-likeness (QED) is 0.706. The zero-order valence-electron chi connectivity index (χ0n) is 9.05. The molecule has 0 saturated carbocycles. The van der Waals surface area contributed by atoms with Crippen LogP contribution in [0.2, 0.25) is 0 Å². The number of nitrogens with one attached hydrogen (secondary N) is 1. The Hall–Kier alpha value is -2.49. The molecule has 2 aromatic carbocycles. The van der Waals surface area contributed by atoms with E-state index in [2.05, 4.69) is 5.32 Å². The van der Waals surface area contributed by atoms with Crippen LogP contribution in [0.25, 0.3) is 0 Å². The average molecular weight is 228 g/mol. The van der Waals surface area contributed by atoms with Crippen LogP contribution in [-0.4, -0.2) is 11.1 Å². The zero-order chi connectivity index (χ0) is 12.3. The molecule has 4 N–H and O–H groups in total. The van der Waals surface area contributed by atoms with Gasteiger partial charge in [-0.2, -0.15) is 0 Å². The molecule has 0 aromatic heterocycles. The van der Waals surface area contributed by atoms with E-state index in [1.54, 1.807) is 12.1 Å². The molecule has 0 heterocycles. The van der Waals surface area contributed by atoms with Gasteiger partial charge in [0.05, 0.1) is 5.56 Å². The molecular weight excluding hydrogens is 216 g/mol. The summed E-state index contributed by atoms with van der Waals surface area (Å²) in [5.74, 6) is -1.03. The maximum Gasteiger partial charge on any atom is 0.337 e. The number of benzene rings is 2. The number of carboxylic acid groups (broad SMARTS) is 1. The Kier molecular flexibility index (Phi) is 2.96. The summed E-state index contributed by atoms with van der Waals surface area (Å²) in [5, 5.41) is 12.1. The number of aromatic carboxylic acids is 1. The molecule has 0 aliphatic heterocycles. The number of para-hydroxylation sites is 1. The SMILES string of the molecule is Nc1ccc(Nc2ccccc2)cc1C(=O)O. The van der Waals surface area contributed by atoms with Gasteiger partial charge in [-0.3, -0.25) is 0 Å². The molecule has 4 heteroatoms. The normalized spacial score (nSPS) is 9.88. The predicted molar refractivity (Wildman–Crippen MR) is 67.5 cm³/mol. The molecular formula is C13H12N2O2. The van der Waals surface area contributed by atoms with E-state index in [1.807, 2.05) is 30.3 Å². The number of rotatable bonds is 3. The van der Waals surface area contributed by atoms with Crippen molar-refractivity contribution in [3.8, 4) is 0 Å². The summed E-state index contributed by atoms with van der Waals surface area (Å²) in [5.41, 5.74) is 7.53. The Bertz CT molecular complexity index is 538. The Morgan fingerprint density at radius 1 is 1.06 bits per heavy atom. The molecule has 0 bridgehead atoms. The average Bonchev–Trinajstić information content (AvgIpc) is 2.32. The number of hydrogen-bond acceptors (Lipinski definition) is 3. The van der Waals surface area contributed by atoms with E-state index in [-0.39, 0.29) is 11.3 Å². The minimum atomic E-state index is -1.03. The van der Waals surface area contributed by atoms with E-state index in [0.717, 1.165) is 5.69 Å². The smallest absolute Gasteiger partial charge is 0.337 e. The third kappa shape index (κ3) is 2.55. The Balaban J connectivity index is 2.29. The van der Waals surface area contributed by atoms with Crippen molar-refractivity contribution >= 4 is 23.0 Å². The third-order valence-electron chi connectivity index (χ3n) is 2.35. The van der Waals surface area contributed by atoms with Gasteiger partial charge < -0.3 is 16.2 Å². The van der Waals surface area contributed by atoms with Crippen molar-refractivity contribution < 1.29 is 9.90 Å². The summed E-state index contributed by atoms with van der Waals surface area (Å²) in [7, 11) is 0. The van der Waals surface area contributed by atoms with Crippen LogP contribution in [0.3, 0.4) is 0 Å². The highest BCUT2D eigenvalue weighted by Gasteiger charge is 2.08. The molecule has 0 spiro atoms. The van der Waals surface area contributed by atoms with Gasteiger partial charge in [-0.1, -0.05) is 18.2 Å². The predicted octanol–water partition coefficient (Wildman–Crippen LogP) is 2.71. The van der Waals surface area contributed by atoms with Crippen LogP contribution in [-0.2, 0) is 0 Å². The molecule has 2 rings (SSSR count). The highest BCUT2D eigenvalue weighted by atomic mass is 16.4. The lowest BCUT2D eigenvalue weighted by atomic mass is 10.1. The molecule has 0 atom stereocenters. The summed E-state index contributed by atoms with van der Waals surface area (Å²) in [6.07, 6.45) is 0. The fourth-order valence-electron chi connectivity index (χ4n) is 1.51. The maximum absolute atomic E-state index is 10.9. The number of carboxylic acids is 1. The lowest BCUT2D eigenvalue weighted by Crippen LogP contribution is -2.03. The van der Waals surface area contributed by atoms with Gasteiger partial charge in [-0.05, 0) is 30.3 Å². The Morgan fingerprint density at radius 3 is 2.41 bits per heavy atom. The number of carbonyl (C=O) groups is 1. The van der Waals surface area contributed by atoms with Gasteiger partial charge in [0.15, 0.2) is 0 Å². The first-order valence-electron chi connectivity index (χ1n) is 5.12. The van der Waals surface area contributed by atoms with Crippen LogP contribution < -0.4 is 11.1 Å². The van der Waals surface area contributed by atoms with Crippen molar-refractivity contribution in [1.29, 1.82) is 0 Å². The summed E-state index contributed by atoms with van der Waals surface area (Å²) < 4.78 is 0. The molecule has 0 amide bonds. The minimum Gasteiger partial charge on any atom is -0.478 e. The second-order valence-electron chi connectivity index (χ2n) is 3.60. The van der Waals surface area contributed by atoms with E-state index >= 15 is 0 Å². The van der Waals surface area contributed by atoms with Crippen LogP contribution >= 0.6 is 0 Å². The van der Waals surface area contributed by atoms with Gasteiger partial charge in [0.1, 0.15) is 0 Å². The molecule has 0 aliphatic rings. The molecule has 4 nitrogen and oxygen atoms in total. The first kappa shape index (κ1) is 11.0. The van der Waals surface area contributed by atoms with Crippen molar-refractivity contribution in [3.05, 3.63) is 54.1 Å². The summed E-state index contributed by atoms with van der Waals surface area (Å²) in [6.45, 7) is 0. The van der Waals surface area contributed by atoms with Gasteiger partial charge in [0.25, 0.3) is 0 Å². The first-order valence-corrected chi connectivity index (χ1v) is 5.12. The summed E-state index contributed by atoms with van der Waals surface area (Å²) >= 11 is 0. The number of nitrogen functional groups attached to an aromatic ring is 1. The first-order chi connectivity index (χ1) is 8.16. The maximum atomic E-state index is 10.9. The molecule has 0 aliphatic carbocycles. The monoisotopic (exact) mass is 228 g/mol. The molecule has 0 radical (unpaired) electrons. The van der Waals surface area contributed by atoms with E-state index < -0.39 is 5.97 Å². The van der Waals surface area contributed by atoms with Crippen molar-refractivity contribution in [2.75, 3.05) is 11.1 Å². The zero-order valence-corrected chi connectivity index (χ0v) is 9.05. The Morgan fingerprint density at radius 2 is 1.76 bits per heavy atom. The molecule has 17 heavy (non-hydrogen) atoms. The van der Waals surface area contributed by atoms with Gasteiger partial charge >= 0.3 is 5.97 Å². The van der Waals surface area contributed by atoms with Crippen LogP contribution in [0.15, 0.2) is 48.5 Å². The van der Waals surface area contributed by atoms with Gasteiger partial charge in [-0.25, -0.2) is 4.79 Å². The van der Waals surface area contributed by atoms with Crippen LogP contribution in [0.1, 0.15) is 10.4 Å². The second kappa shape index (κ2) is 4.57. The molecule has 86 valence electrons. The van der Waals surface area contributed by atoms with E-state index in [4.69, 9.17) is 10.8 Å². The lowest BCUT2D eigenvalue weighted by Gasteiger charge is -2.08. The summed E-state index contributed by atoms with van der Waals surface area (Å²) in [6, 6.07) is 14.4. The lowest BCUT2D eigenvalue weighted by molar-refractivity contribution is 0.0698. The standard InChI is InChI=1S/C13H12N2O2/c14-12-7-6-10(8-11(12)13(16)17)15-9-4-2-1-3-5-9/h1-8,15H,14H2,(H,16,17). The van der Waals surface area contributed by atoms with E-state index in [1.165, 1.54) is 6.07 Å². The van der Waals surface area contributed by atoms with Gasteiger partial charge in [-0.15, -0.1) is 0 Å². The van der Waals surface area contributed by atoms with Crippen molar-refractivity contribution in [1.82, 2.24) is 0 Å². The largest absolute Gasteiger partial charge is 0.478 e.